The van der Waals surface area contributed by atoms with Gasteiger partial charge in [-0.25, -0.2) is 0 Å². The number of rotatable bonds is 7. The van der Waals surface area contributed by atoms with Gasteiger partial charge in [0.05, 0.1) is 17.6 Å². The lowest BCUT2D eigenvalue weighted by Gasteiger charge is -2.09. The molecule has 5 heteroatoms. The number of anilines is 1. The normalized spacial score (nSPS) is 14.3. The summed E-state index contributed by atoms with van der Waals surface area (Å²) in [6, 6.07) is 4.81. The van der Waals surface area contributed by atoms with Crippen molar-refractivity contribution in [3.05, 3.63) is 28.3 Å². The largest absolute Gasteiger partial charge is 0.493 e. The van der Waals surface area contributed by atoms with Gasteiger partial charge in [0.25, 0.3) is 5.69 Å². The van der Waals surface area contributed by atoms with E-state index >= 15 is 0 Å². The van der Waals surface area contributed by atoms with E-state index in [2.05, 4.69) is 5.32 Å². The van der Waals surface area contributed by atoms with Crippen LogP contribution in [-0.2, 0) is 0 Å². The number of ether oxygens (including phenoxy) is 1. The SMILES string of the molecule is CCNc1cc(OCCC2CC2)cc([N+](=O)[O-])c1. The van der Waals surface area contributed by atoms with Crippen molar-refractivity contribution in [3.63, 3.8) is 0 Å². The van der Waals surface area contributed by atoms with Crippen LogP contribution >= 0.6 is 0 Å². The smallest absolute Gasteiger partial charge is 0.275 e. The van der Waals surface area contributed by atoms with Gasteiger partial charge in [-0.05, 0) is 19.3 Å². The Morgan fingerprint density at radius 1 is 1.44 bits per heavy atom. The predicted molar refractivity (Wildman–Crippen MR) is 70.1 cm³/mol. The first-order valence-electron chi connectivity index (χ1n) is 6.35. The molecule has 0 unspecified atom stereocenters. The van der Waals surface area contributed by atoms with Crippen molar-refractivity contribution in [1.82, 2.24) is 0 Å². The van der Waals surface area contributed by atoms with Gasteiger partial charge in [-0.3, -0.25) is 10.1 Å². The molecule has 0 saturated heterocycles. The van der Waals surface area contributed by atoms with Gasteiger partial charge in [0, 0.05) is 24.4 Å². The van der Waals surface area contributed by atoms with Crippen LogP contribution in [0, 0.1) is 16.0 Å². The fourth-order valence-corrected chi connectivity index (χ4v) is 1.83. The molecule has 1 aliphatic carbocycles. The zero-order valence-corrected chi connectivity index (χ0v) is 10.5. The molecule has 98 valence electrons. The van der Waals surface area contributed by atoms with Crippen LogP contribution in [0.2, 0.25) is 0 Å². The molecule has 0 spiro atoms. The number of nitro benzene ring substituents is 1. The molecule has 18 heavy (non-hydrogen) atoms. The Balaban J connectivity index is 2.03. The van der Waals surface area contributed by atoms with Gasteiger partial charge in [-0.2, -0.15) is 0 Å². The topological polar surface area (TPSA) is 64.4 Å². The molecular formula is C13H18N2O3. The lowest BCUT2D eigenvalue weighted by atomic mass is 10.2. The van der Waals surface area contributed by atoms with Crippen LogP contribution in [0.4, 0.5) is 11.4 Å². The minimum atomic E-state index is -0.394. The van der Waals surface area contributed by atoms with Gasteiger partial charge in [0.15, 0.2) is 0 Å². The van der Waals surface area contributed by atoms with Crippen LogP contribution in [0.3, 0.4) is 0 Å². The molecule has 1 saturated carbocycles. The second-order valence-electron chi connectivity index (χ2n) is 4.58. The summed E-state index contributed by atoms with van der Waals surface area (Å²) in [5.74, 6) is 1.37. The molecule has 0 amide bonds. The van der Waals surface area contributed by atoms with Crippen molar-refractivity contribution in [3.8, 4) is 5.75 Å². The minimum absolute atomic E-state index is 0.0647. The molecule has 0 atom stereocenters. The maximum Gasteiger partial charge on any atom is 0.275 e. The van der Waals surface area contributed by atoms with E-state index in [4.69, 9.17) is 4.74 Å². The van der Waals surface area contributed by atoms with Crippen molar-refractivity contribution in [2.24, 2.45) is 5.92 Å². The monoisotopic (exact) mass is 250 g/mol. The Kier molecular flexibility index (Phi) is 4.02. The first-order valence-corrected chi connectivity index (χ1v) is 6.35. The first-order chi connectivity index (χ1) is 8.69. The van der Waals surface area contributed by atoms with Crippen LogP contribution in [0.15, 0.2) is 18.2 Å². The molecular weight excluding hydrogens is 232 g/mol. The van der Waals surface area contributed by atoms with Crippen LogP contribution in [-0.4, -0.2) is 18.1 Å². The molecule has 0 bridgehead atoms. The van der Waals surface area contributed by atoms with Crippen LogP contribution < -0.4 is 10.1 Å². The number of benzene rings is 1. The quantitative estimate of drug-likeness (QED) is 0.596. The lowest BCUT2D eigenvalue weighted by Crippen LogP contribution is -2.02. The maximum absolute atomic E-state index is 10.8. The molecule has 0 heterocycles. The first kappa shape index (κ1) is 12.7. The zero-order valence-electron chi connectivity index (χ0n) is 10.5. The van der Waals surface area contributed by atoms with Crippen molar-refractivity contribution >= 4 is 11.4 Å². The summed E-state index contributed by atoms with van der Waals surface area (Å²) in [7, 11) is 0. The van der Waals surface area contributed by atoms with Crippen molar-refractivity contribution in [2.45, 2.75) is 26.2 Å². The lowest BCUT2D eigenvalue weighted by molar-refractivity contribution is -0.384. The van der Waals surface area contributed by atoms with E-state index in [1.165, 1.54) is 25.0 Å². The van der Waals surface area contributed by atoms with E-state index in [0.29, 0.717) is 12.4 Å². The minimum Gasteiger partial charge on any atom is -0.493 e. The summed E-state index contributed by atoms with van der Waals surface area (Å²) in [6.07, 6.45) is 3.63. The molecule has 1 fully saturated rings. The van der Waals surface area contributed by atoms with E-state index < -0.39 is 4.92 Å². The summed E-state index contributed by atoms with van der Waals surface area (Å²) in [6.45, 7) is 3.31. The fraction of sp³-hybridized carbons (Fsp3) is 0.538. The Hall–Kier alpha value is -1.78. The van der Waals surface area contributed by atoms with Gasteiger partial charge in [-0.15, -0.1) is 0 Å². The van der Waals surface area contributed by atoms with Crippen molar-refractivity contribution < 1.29 is 9.66 Å². The van der Waals surface area contributed by atoms with Gasteiger partial charge in [0.2, 0.25) is 0 Å². The Bertz CT molecular complexity index is 430. The van der Waals surface area contributed by atoms with Crippen LogP contribution in [0.1, 0.15) is 26.2 Å². The molecule has 0 radical (unpaired) electrons. The molecule has 1 aromatic rings. The van der Waals surface area contributed by atoms with E-state index in [1.54, 1.807) is 0 Å². The summed E-state index contributed by atoms with van der Waals surface area (Å²) in [4.78, 5) is 10.4. The average Bonchev–Trinajstić information content (AvgIpc) is 3.13. The number of hydrogen-bond acceptors (Lipinski definition) is 4. The fourth-order valence-electron chi connectivity index (χ4n) is 1.83. The highest BCUT2D eigenvalue weighted by atomic mass is 16.6. The molecule has 5 nitrogen and oxygen atoms in total. The molecule has 1 aliphatic rings. The average molecular weight is 250 g/mol. The Morgan fingerprint density at radius 2 is 2.22 bits per heavy atom. The van der Waals surface area contributed by atoms with Crippen molar-refractivity contribution in [1.29, 1.82) is 0 Å². The van der Waals surface area contributed by atoms with Gasteiger partial charge < -0.3 is 10.1 Å². The second-order valence-corrected chi connectivity index (χ2v) is 4.58. The van der Waals surface area contributed by atoms with E-state index in [-0.39, 0.29) is 5.69 Å². The Labute approximate surface area is 106 Å². The zero-order chi connectivity index (χ0) is 13.0. The summed E-state index contributed by atoms with van der Waals surface area (Å²) in [5, 5.41) is 13.9. The number of nitrogens with zero attached hydrogens (tertiary/aromatic N) is 1. The van der Waals surface area contributed by atoms with Crippen LogP contribution in [0.5, 0.6) is 5.75 Å². The number of non-ortho nitro benzene ring substituents is 1. The maximum atomic E-state index is 10.8. The molecule has 0 aliphatic heterocycles. The molecule has 1 N–H and O–H groups in total. The molecule has 0 aromatic heterocycles. The Morgan fingerprint density at radius 3 is 2.83 bits per heavy atom. The highest BCUT2D eigenvalue weighted by Crippen LogP contribution is 2.33. The van der Waals surface area contributed by atoms with Gasteiger partial charge in [0.1, 0.15) is 5.75 Å². The third kappa shape index (κ3) is 3.61. The number of hydrogen-bond donors (Lipinski definition) is 1. The highest BCUT2D eigenvalue weighted by Gasteiger charge is 2.21. The van der Waals surface area contributed by atoms with Gasteiger partial charge in [-0.1, -0.05) is 12.8 Å². The highest BCUT2D eigenvalue weighted by molar-refractivity contribution is 5.56. The van der Waals surface area contributed by atoms with Crippen LogP contribution in [0.25, 0.3) is 0 Å². The van der Waals surface area contributed by atoms with E-state index in [9.17, 15) is 10.1 Å². The third-order valence-electron chi connectivity index (χ3n) is 2.97. The standard InChI is InChI=1S/C13H18N2O3/c1-2-14-11-7-12(15(16)17)9-13(8-11)18-6-5-10-3-4-10/h7-10,14H,2-6H2,1H3. The summed E-state index contributed by atoms with van der Waals surface area (Å²) in [5.41, 5.74) is 0.794. The number of nitrogens with one attached hydrogen (secondary N) is 1. The number of nitro groups is 1. The van der Waals surface area contributed by atoms with E-state index in [0.717, 1.165) is 24.6 Å². The third-order valence-corrected chi connectivity index (χ3v) is 2.97. The van der Waals surface area contributed by atoms with Gasteiger partial charge >= 0.3 is 0 Å². The summed E-state index contributed by atoms with van der Waals surface area (Å²) < 4.78 is 5.59. The molecule has 2 rings (SSSR count). The molecule has 1 aromatic carbocycles. The predicted octanol–water partition coefficient (Wildman–Crippen LogP) is 3.21. The van der Waals surface area contributed by atoms with E-state index in [1.807, 2.05) is 13.0 Å². The van der Waals surface area contributed by atoms with Crippen molar-refractivity contribution in [2.75, 3.05) is 18.5 Å². The summed E-state index contributed by atoms with van der Waals surface area (Å²) >= 11 is 0. The second kappa shape index (κ2) is 5.71.